The highest BCUT2D eigenvalue weighted by Gasteiger charge is 2.52. The largest absolute Gasteiger partial charge is 0.491 e. The summed E-state index contributed by atoms with van der Waals surface area (Å²) in [5, 5.41) is 31.9. The molecule has 10 atom stereocenters. The Morgan fingerprint density at radius 3 is 1.05 bits per heavy atom. The van der Waals surface area contributed by atoms with Crippen LogP contribution in [-0.4, -0.2) is 243 Å². The molecular formula is C106H124Cl4N24O13. The molecule has 13 heterocycles. The smallest absolute Gasteiger partial charge is 0.350 e. The van der Waals surface area contributed by atoms with Gasteiger partial charge in [0.05, 0.1) is 77.4 Å². The van der Waals surface area contributed by atoms with Crippen molar-refractivity contribution in [3.8, 4) is 34.3 Å². The Bertz CT molecular complexity index is 6760. The normalized spacial score (nSPS) is 21.2. The monoisotopic (exact) mass is 2080 g/mol. The van der Waals surface area contributed by atoms with Gasteiger partial charge in [-0.15, -0.1) is 0 Å². The molecule has 0 radical (unpaired) electrons. The molecule has 7 aliphatic rings. The van der Waals surface area contributed by atoms with Crippen LogP contribution in [0.5, 0.6) is 17.2 Å². The van der Waals surface area contributed by atoms with Crippen LogP contribution >= 0.6 is 46.4 Å². The van der Waals surface area contributed by atoms with E-state index in [2.05, 4.69) is 155 Å². The molecule has 0 bridgehead atoms. The fraction of sp³-hybridized carbons (Fsp3) is 0.434. The Hall–Kier alpha value is -12.9. The highest BCUT2D eigenvalue weighted by Crippen LogP contribution is 2.46. The molecule has 21 rings (SSSR count). The third-order valence-corrected chi connectivity index (χ3v) is 29.5. The minimum atomic E-state index is -1.06. The van der Waals surface area contributed by atoms with E-state index >= 15 is 0 Å². The summed E-state index contributed by atoms with van der Waals surface area (Å²) in [4.78, 5) is 62.3. The van der Waals surface area contributed by atoms with E-state index in [4.69, 9.17) is 93.8 Å². The van der Waals surface area contributed by atoms with Crippen molar-refractivity contribution in [1.29, 1.82) is 0 Å². The Kier molecular flexibility index (Phi) is 32.9. The highest BCUT2D eigenvalue weighted by molar-refractivity contribution is 6.35. The lowest BCUT2D eigenvalue weighted by Gasteiger charge is -2.37. The van der Waals surface area contributed by atoms with E-state index < -0.39 is 17.4 Å². The van der Waals surface area contributed by atoms with Gasteiger partial charge in [0.2, 0.25) is 5.79 Å². The molecule has 7 saturated heterocycles. The van der Waals surface area contributed by atoms with Crippen molar-refractivity contribution in [3.63, 3.8) is 0 Å². The molecule has 0 saturated carbocycles. The number of aryl methyl sites for hydroxylation is 2. The number of nitrogens with zero attached hydrogens (tertiary/aromatic N) is 24. The van der Waals surface area contributed by atoms with E-state index in [1.807, 2.05) is 120 Å². The lowest BCUT2D eigenvalue weighted by atomic mass is 10.0. The van der Waals surface area contributed by atoms with E-state index in [1.165, 1.54) is 18.3 Å². The second-order valence-corrected chi connectivity index (χ2v) is 39.5. The lowest BCUT2D eigenvalue weighted by molar-refractivity contribution is -0.241. The van der Waals surface area contributed by atoms with Crippen molar-refractivity contribution in [2.45, 2.75) is 172 Å². The minimum Gasteiger partial charge on any atom is -0.491 e. The maximum atomic E-state index is 12.8. The summed E-state index contributed by atoms with van der Waals surface area (Å²) in [6.07, 6.45) is 19.7. The van der Waals surface area contributed by atoms with E-state index in [9.17, 15) is 14.4 Å². The van der Waals surface area contributed by atoms with Gasteiger partial charge in [0.25, 0.3) is 0 Å². The number of rotatable bonds is 36. The van der Waals surface area contributed by atoms with Gasteiger partial charge in [-0.1, -0.05) is 79.3 Å². The number of anilines is 6. The number of ether oxygens (including phenoxy) is 10. The van der Waals surface area contributed by atoms with Crippen molar-refractivity contribution in [3.05, 3.63) is 301 Å². The van der Waals surface area contributed by atoms with Crippen LogP contribution in [0.2, 0.25) is 20.1 Å². The second kappa shape index (κ2) is 47.1. The minimum absolute atomic E-state index is 0.0649. The molecule has 8 aromatic carbocycles. The van der Waals surface area contributed by atoms with E-state index in [0.717, 1.165) is 191 Å². The number of aromatic nitrogens is 18. The SMILES string of the molecule is CCC(C)n1ncn(-c2ccc(N3CCN(c4ccc(OCC5COC(CCCn6cncn6)(c6ccc(Cl)cc6Cl)O5)cc4)CC3)cc2)c1=O.CCC(C)n1ncn(-c2ccc(N3CCN(c4ccc(OCC5COC(CCn6cncn6)(c6ccc(Cl)cc6Cl)O5)cc4)CC3)cc2)c1=O.CCC(C)n1ncn(-c2ccc(N3CCN(c4ccc(OCC5COC(Cn6nccn6)(C6CCCO6)O5)cc4)CC3)cc2)c1=O. The summed E-state index contributed by atoms with van der Waals surface area (Å²) in [5.74, 6) is -0.664. The van der Waals surface area contributed by atoms with Gasteiger partial charge in [0.1, 0.15) is 112 Å². The standard InChI is InChI=1S/C37H42Cl2N8O4.C36H40Cl2N8O4.C33H42N8O5/c1-3-27(2)47-36(48)46(26-42-47)31-8-6-29(7-9-31)43-17-19-44(20-18-43)30-10-12-32(13-11-30)49-22-33-23-50-37(51-33,15-4-16-45-25-40-24-41-45)34-14-5-28(38)21-35(34)39;1-3-26(2)46-35(47)45(25-41-46)30-7-5-28(6-8-30)42-16-18-43(19-17-42)29-9-11-31(12-10-29)48-21-32-22-49-36(50-32,14-15-44-24-39-23-40-44)33-13-4-27(37)20-34(33)38;1-3-25(2)41-32(42)39(24-36-41)28-8-6-26(7-9-28)37-16-18-38(19-17-37)27-10-12-29(13-11-27)44-21-30-22-45-33(46-30,31-5-4-20-43-31)23-40-34-14-15-35-40/h5-14,21,24-27,33H,3-4,15-20,22-23H2,1-2H3;4-13,20,23-26,32H,3,14-19,21-22H2,1-2H3;6-15,24-25,30-31H,3-5,16-23H2,1-2H3. The molecule has 0 aliphatic carbocycles. The first kappa shape index (κ1) is 103. The van der Waals surface area contributed by atoms with Gasteiger partial charge in [-0.2, -0.15) is 40.5 Å². The van der Waals surface area contributed by atoms with Gasteiger partial charge in [-0.05, 0) is 229 Å². The van der Waals surface area contributed by atoms with Gasteiger partial charge in [0.15, 0.2) is 11.6 Å². The van der Waals surface area contributed by atoms with E-state index in [-0.39, 0.29) is 59.6 Å². The number of piperazine rings is 3. The number of hydrogen-bond donors (Lipinski definition) is 0. The maximum absolute atomic E-state index is 12.8. The number of hydrogen-bond acceptors (Lipinski definition) is 28. The van der Waals surface area contributed by atoms with Crippen molar-refractivity contribution in [2.75, 3.05) is 154 Å². The maximum Gasteiger partial charge on any atom is 0.350 e. The first-order valence-corrected chi connectivity index (χ1v) is 52.1. The summed E-state index contributed by atoms with van der Waals surface area (Å²) >= 11 is 25.6. The van der Waals surface area contributed by atoms with Gasteiger partial charge >= 0.3 is 17.1 Å². The molecule has 7 aliphatic heterocycles. The van der Waals surface area contributed by atoms with Gasteiger partial charge in [-0.3, -0.25) is 9.36 Å². The predicted molar refractivity (Wildman–Crippen MR) is 562 cm³/mol. The van der Waals surface area contributed by atoms with Crippen LogP contribution in [0, 0.1) is 0 Å². The fourth-order valence-corrected chi connectivity index (χ4v) is 20.6. The topological polar surface area (TPSA) is 323 Å². The molecule has 0 N–H and O–H groups in total. The van der Waals surface area contributed by atoms with Crippen molar-refractivity contribution in [1.82, 2.24) is 87.6 Å². The predicted octanol–water partition coefficient (Wildman–Crippen LogP) is 15.6. The molecule has 774 valence electrons. The van der Waals surface area contributed by atoms with Crippen LogP contribution in [0.4, 0.5) is 34.1 Å². The average Bonchev–Trinajstić information content (AvgIpc) is 1.65. The van der Waals surface area contributed by atoms with Crippen molar-refractivity contribution < 1.29 is 47.4 Å². The first-order valence-electron chi connectivity index (χ1n) is 50.6. The zero-order chi connectivity index (χ0) is 102. The quantitative estimate of drug-likeness (QED) is 0.0352. The Morgan fingerprint density at radius 1 is 0.381 bits per heavy atom. The van der Waals surface area contributed by atoms with Crippen LogP contribution in [0.3, 0.4) is 0 Å². The third-order valence-electron chi connectivity index (χ3n) is 28.4. The van der Waals surface area contributed by atoms with Crippen LogP contribution in [0.15, 0.2) is 253 Å². The second-order valence-electron chi connectivity index (χ2n) is 37.8. The lowest BCUT2D eigenvalue weighted by Crippen LogP contribution is -2.48. The van der Waals surface area contributed by atoms with E-state index in [1.54, 1.807) is 110 Å². The third kappa shape index (κ3) is 24.1. The van der Waals surface area contributed by atoms with E-state index in [0.29, 0.717) is 98.8 Å². The average molecular weight is 2080 g/mol. The Morgan fingerprint density at radius 2 is 0.714 bits per heavy atom. The highest BCUT2D eigenvalue weighted by atomic mass is 35.5. The first-order chi connectivity index (χ1) is 71.6. The van der Waals surface area contributed by atoms with Crippen LogP contribution in [-0.2, 0) is 64.4 Å². The summed E-state index contributed by atoms with van der Waals surface area (Å²) in [5.41, 5.74) is 10.5. The molecule has 0 spiro atoms. The fourth-order valence-electron chi connectivity index (χ4n) is 19.5. The summed E-state index contributed by atoms with van der Waals surface area (Å²) < 4.78 is 75.8. The summed E-state index contributed by atoms with van der Waals surface area (Å²) in [6, 6.07) is 60.0. The summed E-state index contributed by atoms with van der Waals surface area (Å²) in [7, 11) is 0. The van der Waals surface area contributed by atoms with Crippen molar-refractivity contribution >= 4 is 80.5 Å². The zero-order valence-corrected chi connectivity index (χ0v) is 86.3. The number of benzene rings is 8. The Labute approximate surface area is 872 Å². The van der Waals surface area contributed by atoms with Crippen LogP contribution in [0.1, 0.15) is 122 Å². The Balaban J connectivity index is 0.000000139. The molecule has 41 heteroatoms. The summed E-state index contributed by atoms with van der Waals surface area (Å²) in [6.45, 7) is 27.4. The zero-order valence-electron chi connectivity index (χ0n) is 83.3. The molecule has 147 heavy (non-hydrogen) atoms. The van der Waals surface area contributed by atoms with Crippen molar-refractivity contribution in [2.24, 2.45) is 0 Å². The molecule has 6 aromatic heterocycles. The molecule has 37 nitrogen and oxygen atoms in total. The van der Waals surface area contributed by atoms with Gasteiger partial charge < -0.3 is 76.8 Å². The molecular weight excluding hydrogens is 1960 g/mol. The number of halogens is 4. The molecule has 0 amide bonds. The van der Waals surface area contributed by atoms with Crippen LogP contribution in [0.25, 0.3) is 17.1 Å². The van der Waals surface area contributed by atoms with Gasteiger partial charge in [0, 0.05) is 166 Å². The molecule has 7 fully saturated rings. The molecule has 10 unspecified atom stereocenters. The van der Waals surface area contributed by atoms with Crippen LogP contribution < -0.4 is 60.7 Å². The van der Waals surface area contributed by atoms with Gasteiger partial charge in [-0.25, -0.2) is 52.1 Å². The molecule has 14 aromatic rings.